The van der Waals surface area contributed by atoms with E-state index >= 15 is 0 Å². The molecule has 0 N–H and O–H groups in total. The standard InChI is InChI=1S/C21H28N4OS/c1-15(2)21-22-8-3-19(23-21)24-9-4-16(5-10-24)13-20(26)25-11-6-18-17(14-25)7-12-27-18/h3,7-8,12,15-16H,4-6,9-11,13-14H2,1-2H3. The van der Waals surface area contributed by atoms with Crippen molar-refractivity contribution in [3.8, 4) is 0 Å². The molecule has 0 radical (unpaired) electrons. The van der Waals surface area contributed by atoms with Crippen molar-refractivity contribution >= 4 is 23.1 Å². The fourth-order valence-corrected chi connectivity index (χ4v) is 4.91. The lowest BCUT2D eigenvalue weighted by molar-refractivity contribution is -0.133. The minimum Gasteiger partial charge on any atom is -0.356 e. The van der Waals surface area contributed by atoms with Crippen molar-refractivity contribution in [2.24, 2.45) is 5.92 Å². The molecule has 27 heavy (non-hydrogen) atoms. The van der Waals surface area contributed by atoms with Gasteiger partial charge >= 0.3 is 0 Å². The number of rotatable bonds is 4. The number of anilines is 1. The zero-order valence-electron chi connectivity index (χ0n) is 16.2. The summed E-state index contributed by atoms with van der Waals surface area (Å²) in [6.07, 6.45) is 5.69. The molecule has 0 unspecified atom stereocenters. The van der Waals surface area contributed by atoms with E-state index in [2.05, 4.69) is 40.1 Å². The number of aromatic nitrogens is 2. The first-order chi connectivity index (χ1) is 13.1. The molecule has 6 heteroatoms. The molecule has 0 atom stereocenters. The largest absolute Gasteiger partial charge is 0.356 e. The smallest absolute Gasteiger partial charge is 0.223 e. The number of hydrogen-bond acceptors (Lipinski definition) is 5. The molecule has 0 bridgehead atoms. The van der Waals surface area contributed by atoms with Gasteiger partial charge in [0.1, 0.15) is 11.6 Å². The van der Waals surface area contributed by atoms with E-state index in [-0.39, 0.29) is 0 Å². The van der Waals surface area contributed by atoms with Crippen LogP contribution in [0.1, 0.15) is 55.3 Å². The number of fused-ring (bicyclic) bond motifs is 1. The van der Waals surface area contributed by atoms with Crippen LogP contribution in [0.2, 0.25) is 0 Å². The van der Waals surface area contributed by atoms with Gasteiger partial charge in [0, 0.05) is 49.6 Å². The van der Waals surface area contributed by atoms with Crippen molar-refractivity contribution in [2.75, 3.05) is 24.5 Å². The molecule has 5 nitrogen and oxygen atoms in total. The van der Waals surface area contributed by atoms with Gasteiger partial charge < -0.3 is 9.80 Å². The van der Waals surface area contributed by atoms with Gasteiger partial charge in [-0.05, 0) is 48.3 Å². The van der Waals surface area contributed by atoms with Gasteiger partial charge in [0.25, 0.3) is 0 Å². The van der Waals surface area contributed by atoms with Crippen LogP contribution >= 0.6 is 11.3 Å². The Labute approximate surface area is 165 Å². The second kappa shape index (κ2) is 7.97. The van der Waals surface area contributed by atoms with Crippen LogP contribution in [-0.4, -0.2) is 40.4 Å². The van der Waals surface area contributed by atoms with Gasteiger partial charge in [-0.25, -0.2) is 9.97 Å². The molecule has 0 aromatic carbocycles. The molecule has 2 aliphatic rings. The van der Waals surface area contributed by atoms with Gasteiger partial charge in [0.2, 0.25) is 5.91 Å². The Morgan fingerprint density at radius 2 is 2.07 bits per heavy atom. The Morgan fingerprint density at radius 1 is 1.26 bits per heavy atom. The molecule has 2 aliphatic heterocycles. The van der Waals surface area contributed by atoms with Gasteiger partial charge in [0.15, 0.2) is 0 Å². The average molecular weight is 385 g/mol. The van der Waals surface area contributed by atoms with E-state index in [1.54, 1.807) is 0 Å². The summed E-state index contributed by atoms with van der Waals surface area (Å²) in [5.74, 6) is 3.09. The van der Waals surface area contributed by atoms with Crippen LogP contribution in [0.5, 0.6) is 0 Å². The molecule has 0 spiro atoms. The minimum atomic E-state index is 0.328. The molecular formula is C21H28N4OS. The Kier molecular flexibility index (Phi) is 5.43. The number of carbonyl (C=O) groups is 1. The monoisotopic (exact) mass is 384 g/mol. The maximum atomic E-state index is 12.8. The highest BCUT2D eigenvalue weighted by Gasteiger charge is 2.27. The van der Waals surface area contributed by atoms with E-state index < -0.39 is 0 Å². The number of nitrogens with zero attached hydrogens (tertiary/aromatic N) is 4. The zero-order chi connectivity index (χ0) is 18.8. The van der Waals surface area contributed by atoms with Crippen LogP contribution in [0, 0.1) is 5.92 Å². The third kappa shape index (κ3) is 4.15. The van der Waals surface area contributed by atoms with Crippen LogP contribution in [0.3, 0.4) is 0 Å². The van der Waals surface area contributed by atoms with Crippen LogP contribution in [-0.2, 0) is 17.8 Å². The average Bonchev–Trinajstić information content (AvgIpc) is 3.16. The van der Waals surface area contributed by atoms with Crippen LogP contribution < -0.4 is 4.90 Å². The molecule has 1 fully saturated rings. The lowest BCUT2D eigenvalue weighted by atomic mass is 9.92. The fourth-order valence-electron chi connectivity index (χ4n) is 4.02. The van der Waals surface area contributed by atoms with Gasteiger partial charge in [-0.2, -0.15) is 0 Å². The van der Waals surface area contributed by atoms with Crippen molar-refractivity contribution in [1.82, 2.24) is 14.9 Å². The van der Waals surface area contributed by atoms with E-state index in [1.165, 1.54) is 10.4 Å². The maximum absolute atomic E-state index is 12.8. The molecule has 2 aromatic rings. The normalized spacial score (nSPS) is 18.0. The second-order valence-electron chi connectivity index (χ2n) is 8.00. The molecule has 0 saturated carbocycles. The van der Waals surface area contributed by atoms with Gasteiger partial charge in [-0.1, -0.05) is 13.8 Å². The predicted molar refractivity (Wildman–Crippen MR) is 109 cm³/mol. The van der Waals surface area contributed by atoms with E-state index in [4.69, 9.17) is 4.98 Å². The van der Waals surface area contributed by atoms with Gasteiger partial charge in [0.05, 0.1) is 0 Å². The number of hydrogen-bond donors (Lipinski definition) is 0. The molecular weight excluding hydrogens is 356 g/mol. The Hall–Kier alpha value is -1.95. The van der Waals surface area contributed by atoms with E-state index in [1.807, 2.05) is 23.6 Å². The summed E-state index contributed by atoms with van der Waals surface area (Å²) in [4.78, 5) is 27.7. The second-order valence-corrected chi connectivity index (χ2v) is 9.00. The van der Waals surface area contributed by atoms with Crippen molar-refractivity contribution in [3.05, 3.63) is 40.0 Å². The van der Waals surface area contributed by atoms with Crippen molar-refractivity contribution in [3.63, 3.8) is 0 Å². The van der Waals surface area contributed by atoms with Gasteiger partial charge in [-0.3, -0.25) is 4.79 Å². The van der Waals surface area contributed by atoms with E-state index in [0.717, 1.165) is 57.1 Å². The van der Waals surface area contributed by atoms with Gasteiger partial charge in [-0.15, -0.1) is 11.3 Å². The van der Waals surface area contributed by atoms with Crippen LogP contribution in [0.25, 0.3) is 0 Å². The summed E-state index contributed by atoms with van der Waals surface area (Å²) in [6, 6.07) is 4.18. The summed E-state index contributed by atoms with van der Waals surface area (Å²) in [7, 11) is 0. The van der Waals surface area contributed by atoms with Crippen LogP contribution in [0.4, 0.5) is 5.82 Å². The third-order valence-corrected chi connectivity index (χ3v) is 6.76. The predicted octanol–water partition coefficient (Wildman–Crippen LogP) is 3.85. The summed E-state index contributed by atoms with van der Waals surface area (Å²) >= 11 is 1.82. The molecule has 4 heterocycles. The Morgan fingerprint density at radius 3 is 2.85 bits per heavy atom. The Bertz CT molecular complexity index is 795. The van der Waals surface area contributed by atoms with Crippen LogP contribution in [0.15, 0.2) is 23.7 Å². The SMILES string of the molecule is CC(C)c1nccc(N2CCC(CC(=O)N3CCc4sccc4C3)CC2)n1. The first kappa shape index (κ1) is 18.4. The summed E-state index contributed by atoms with van der Waals surface area (Å²) in [5, 5.41) is 2.15. The summed E-state index contributed by atoms with van der Waals surface area (Å²) < 4.78 is 0. The number of thiophene rings is 1. The maximum Gasteiger partial charge on any atom is 0.223 e. The highest BCUT2D eigenvalue weighted by atomic mass is 32.1. The molecule has 1 saturated heterocycles. The molecule has 4 rings (SSSR count). The lowest BCUT2D eigenvalue weighted by Crippen LogP contribution is -2.39. The van der Waals surface area contributed by atoms with E-state index in [9.17, 15) is 4.79 Å². The molecule has 144 valence electrons. The van der Waals surface area contributed by atoms with Crippen molar-refractivity contribution < 1.29 is 4.79 Å². The Balaban J connectivity index is 1.29. The number of carbonyl (C=O) groups excluding carboxylic acids is 1. The lowest BCUT2D eigenvalue weighted by Gasteiger charge is -2.34. The highest BCUT2D eigenvalue weighted by Crippen LogP contribution is 2.28. The van der Waals surface area contributed by atoms with E-state index in [0.29, 0.717) is 24.2 Å². The molecule has 1 amide bonds. The topological polar surface area (TPSA) is 49.3 Å². The zero-order valence-corrected chi connectivity index (χ0v) is 17.0. The highest BCUT2D eigenvalue weighted by molar-refractivity contribution is 7.10. The quantitative estimate of drug-likeness (QED) is 0.803. The van der Waals surface area contributed by atoms with Crippen molar-refractivity contribution in [2.45, 2.75) is 52.0 Å². The summed E-state index contributed by atoms with van der Waals surface area (Å²) in [5.41, 5.74) is 1.35. The first-order valence-corrected chi connectivity index (χ1v) is 10.9. The number of amides is 1. The molecule has 0 aliphatic carbocycles. The third-order valence-electron chi connectivity index (χ3n) is 5.74. The molecule has 2 aromatic heterocycles. The minimum absolute atomic E-state index is 0.328. The van der Waals surface area contributed by atoms with Crippen molar-refractivity contribution in [1.29, 1.82) is 0 Å². The first-order valence-electron chi connectivity index (χ1n) is 10.0. The summed E-state index contributed by atoms with van der Waals surface area (Å²) in [6.45, 7) is 7.87. The number of piperidine rings is 1. The fraction of sp³-hybridized carbons (Fsp3) is 0.571.